The molecule has 0 unspecified atom stereocenters. The SMILES string of the molecule is CC(C)c1ncoc1C(=O)Nc1ccc(Br)cc1. The van der Waals surface area contributed by atoms with E-state index >= 15 is 0 Å². The number of carbonyl (C=O) groups is 1. The summed E-state index contributed by atoms with van der Waals surface area (Å²) in [5.74, 6) is 0.140. The van der Waals surface area contributed by atoms with E-state index in [-0.39, 0.29) is 17.6 Å². The van der Waals surface area contributed by atoms with Crippen molar-refractivity contribution in [3.63, 3.8) is 0 Å². The largest absolute Gasteiger partial charge is 0.438 e. The van der Waals surface area contributed by atoms with Gasteiger partial charge in [-0.2, -0.15) is 0 Å². The summed E-state index contributed by atoms with van der Waals surface area (Å²) in [7, 11) is 0. The first-order chi connectivity index (χ1) is 8.58. The van der Waals surface area contributed by atoms with Gasteiger partial charge >= 0.3 is 0 Å². The van der Waals surface area contributed by atoms with Gasteiger partial charge in [-0.1, -0.05) is 29.8 Å². The quantitative estimate of drug-likeness (QED) is 0.938. The zero-order valence-electron chi connectivity index (χ0n) is 10.1. The minimum Gasteiger partial charge on any atom is -0.438 e. The van der Waals surface area contributed by atoms with E-state index in [4.69, 9.17) is 4.42 Å². The Morgan fingerprint density at radius 2 is 2.00 bits per heavy atom. The Hall–Kier alpha value is -1.62. The van der Waals surface area contributed by atoms with Crippen molar-refractivity contribution in [1.82, 2.24) is 4.98 Å². The van der Waals surface area contributed by atoms with Gasteiger partial charge in [0.25, 0.3) is 5.91 Å². The van der Waals surface area contributed by atoms with Crippen LogP contribution in [0.25, 0.3) is 0 Å². The third kappa shape index (κ3) is 2.79. The molecule has 1 aromatic heterocycles. The molecule has 0 atom stereocenters. The molecule has 18 heavy (non-hydrogen) atoms. The number of nitrogens with zero attached hydrogens (tertiary/aromatic N) is 1. The van der Waals surface area contributed by atoms with Crippen LogP contribution in [0.5, 0.6) is 0 Å². The maximum absolute atomic E-state index is 12.0. The fourth-order valence-corrected chi connectivity index (χ4v) is 1.82. The number of oxazole rings is 1. The molecule has 2 aromatic rings. The summed E-state index contributed by atoms with van der Waals surface area (Å²) in [6, 6.07) is 7.35. The maximum Gasteiger partial charge on any atom is 0.293 e. The smallest absolute Gasteiger partial charge is 0.293 e. The van der Waals surface area contributed by atoms with Crippen molar-refractivity contribution in [2.24, 2.45) is 0 Å². The summed E-state index contributed by atoms with van der Waals surface area (Å²) in [4.78, 5) is 16.1. The highest BCUT2D eigenvalue weighted by Crippen LogP contribution is 2.20. The minimum absolute atomic E-state index is 0.148. The van der Waals surface area contributed by atoms with E-state index < -0.39 is 0 Å². The molecule has 1 N–H and O–H groups in total. The van der Waals surface area contributed by atoms with Crippen molar-refractivity contribution in [2.45, 2.75) is 19.8 Å². The van der Waals surface area contributed by atoms with Crippen LogP contribution in [0.1, 0.15) is 36.0 Å². The molecule has 0 radical (unpaired) electrons. The molecule has 1 aromatic carbocycles. The van der Waals surface area contributed by atoms with E-state index in [1.54, 1.807) is 0 Å². The lowest BCUT2D eigenvalue weighted by molar-refractivity contribution is 0.0995. The Labute approximate surface area is 114 Å². The molecule has 2 rings (SSSR count). The van der Waals surface area contributed by atoms with Crippen LogP contribution in [0.2, 0.25) is 0 Å². The third-order valence-electron chi connectivity index (χ3n) is 2.45. The van der Waals surface area contributed by atoms with Crippen LogP contribution < -0.4 is 5.32 Å². The molecule has 1 amide bonds. The van der Waals surface area contributed by atoms with Crippen molar-refractivity contribution in [1.29, 1.82) is 0 Å². The van der Waals surface area contributed by atoms with E-state index in [0.717, 1.165) is 4.47 Å². The molecule has 0 fully saturated rings. The summed E-state index contributed by atoms with van der Waals surface area (Å²) < 4.78 is 6.11. The van der Waals surface area contributed by atoms with Crippen molar-refractivity contribution >= 4 is 27.5 Å². The van der Waals surface area contributed by atoms with Crippen LogP contribution in [0.15, 0.2) is 39.5 Å². The average Bonchev–Trinajstić information content (AvgIpc) is 2.81. The summed E-state index contributed by atoms with van der Waals surface area (Å²) in [5, 5.41) is 2.77. The van der Waals surface area contributed by atoms with Crippen LogP contribution >= 0.6 is 15.9 Å². The van der Waals surface area contributed by atoms with Crippen LogP contribution in [-0.4, -0.2) is 10.9 Å². The molecule has 0 saturated carbocycles. The number of hydrogen-bond donors (Lipinski definition) is 1. The van der Waals surface area contributed by atoms with Gasteiger partial charge in [0.15, 0.2) is 6.39 Å². The number of amides is 1. The molecule has 0 aliphatic rings. The number of halogens is 1. The van der Waals surface area contributed by atoms with Crippen molar-refractivity contribution < 1.29 is 9.21 Å². The molecule has 94 valence electrons. The lowest BCUT2D eigenvalue weighted by atomic mass is 10.1. The van der Waals surface area contributed by atoms with E-state index in [1.165, 1.54) is 6.39 Å². The third-order valence-corrected chi connectivity index (χ3v) is 2.98. The molecule has 0 aliphatic heterocycles. The van der Waals surface area contributed by atoms with Gasteiger partial charge in [-0.15, -0.1) is 0 Å². The van der Waals surface area contributed by atoms with Crippen molar-refractivity contribution in [3.05, 3.63) is 46.6 Å². The Bertz CT molecular complexity index is 546. The van der Waals surface area contributed by atoms with E-state index in [0.29, 0.717) is 11.4 Å². The van der Waals surface area contributed by atoms with Gasteiger partial charge in [-0.25, -0.2) is 4.98 Å². The van der Waals surface area contributed by atoms with Gasteiger partial charge in [0.05, 0.1) is 5.69 Å². The Kier molecular flexibility index (Phi) is 3.81. The molecule has 1 heterocycles. The number of hydrogen-bond acceptors (Lipinski definition) is 3. The van der Waals surface area contributed by atoms with E-state index in [1.807, 2.05) is 38.1 Å². The second-order valence-electron chi connectivity index (χ2n) is 4.18. The number of nitrogens with one attached hydrogen (secondary N) is 1. The zero-order valence-corrected chi connectivity index (χ0v) is 11.7. The highest BCUT2D eigenvalue weighted by atomic mass is 79.9. The Morgan fingerprint density at radius 3 is 2.61 bits per heavy atom. The number of benzene rings is 1. The van der Waals surface area contributed by atoms with Gasteiger partial charge in [0.2, 0.25) is 5.76 Å². The van der Waals surface area contributed by atoms with Gasteiger partial charge in [-0.3, -0.25) is 4.79 Å². The highest BCUT2D eigenvalue weighted by Gasteiger charge is 2.19. The Morgan fingerprint density at radius 1 is 1.33 bits per heavy atom. The van der Waals surface area contributed by atoms with Gasteiger partial charge in [-0.05, 0) is 30.2 Å². The van der Waals surface area contributed by atoms with Crippen molar-refractivity contribution in [2.75, 3.05) is 5.32 Å². The molecule has 0 aliphatic carbocycles. The van der Waals surface area contributed by atoms with Gasteiger partial charge in [0.1, 0.15) is 0 Å². The summed E-state index contributed by atoms with van der Waals surface area (Å²) in [6.45, 7) is 3.93. The molecular formula is C13H13BrN2O2. The van der Waals surface area contributed by atoms with Crippen LogP contribution in [0.4, 0.5) is 5.69 Å². The summed E-state index contributed by atoms with van der Waals surface area (Å²) in [6.07, 6.45) is 1.30. The second kappa shape index (κ2) is 5.35. The standard InChI is InChI=1S/C13H13BrN2O2/c1-8(2)11-12(18-7-15-11)13(17)16-10-5-3-9(14)4-6-10/h3-8H,1-2H3,(H,16,17). The molecule has 5 heteroatoms. The lowest BCUT2D eigenvalue weighted by Gasteiger charge is -2.05. The van der Waals surface area contributed by atoms with E-state index in [2.05, 4.69) is 26.2 Å². The number of carbonyl (C=O) groups excluding carboxylic acids is 1. The van der Waals surface area contributed by atoms with Crippen molar-refractivity contribution in [3.8, 4) is 0 Å². The minimum atomic E-state index is -0.279. The molecule has 0 bridgehead atoms. The highest BCUT2D eigenvalue weighted by molar-refractivity contribution is 9.10. The van der Waals surface area contributed by atoms with Crippen LogP contribution in [0.3, 0.4) is 0 Å². The first-order valence-electron chi connectivity index (χ1n) is 5.58. The predicted octanol–water partition coefficient (Wildman–Crippen LogP) is 3.81. The molecule has 4 nitrogen and oxygen atoms in total. The normalized spacial score (nSPS) is 10.7. The van der Waals surface area contributed by atoms with Crippen LogP contribution in [-0.2, 0) is 0 Å². The number of anilines is 1. The monoisotopic (exact) mass is 308 g/mol. The summed E-state index contributed by atoms with van der Waals surface area (Å²) >= 11 is 3.34. The van der Waals surface area contributed by atoms with Crippen LogP contribution in [0, 0.1) is 0 Å². The summed E-state index contributed by atoms with van der Waals surface area (Å²) in [5.41, 5.74) is 1.39. The second-order valence-corrected chi connectivity index (χ2v) is 5.10. The first-order valence-corrected chi connectivity index (χ1v) is 6.37. The van der Waals surface area contributed by atoms with E-state index in [9.17, 15) is 4.79 Å². The predicted molar refractivity (Wildman–Crippen MR) is 72.7 cm³/mol. The van der Waals surface area contributed by atoms with Gasteiger partial charge in [0, 0.05) is 10.2 Å². The Balaban J connectivity index is 2.17. The molecule has 0 saturated heterocycles. The fourth-order valence-electron chi connectivity index (χ4n) is 1.56. The molecule has 0 spiro atoms. The van der Waals surface area contributed by atoms with Gasteiger partial charge < -0.3 is 9.73 Å². The zero-order chi connectivity index (χ0) is 13.1. The molecular weight excluding hydrogens is 296 g/mol. The number of aromatic nitrogens is 1. The number of rotatable bonds is 3. The lowest BCUT2D eigenvalue weighted by Crippen LogP contribution is -2.13. The fraction of sp³-hybridized carbons (Fsp3) is 0.231. The maximum atomic E-state index is 12.0. The topological polar surface area (TPSA) is 55.1 Å². The first kappa shape index (κ1) is 12.8. The average molecular weight is 309 g/mol.